The number of benzene rings is 1. The molecule has 0 unspecified atom stereocenters. The predicted molar refractivity (Wildman–Crippen MR) is 100.0 cm³/mol. The SMILES string of the molecule is Cc1cccc2nc(C(=O)N3C[C@@H]4CNC[C@@H]4[C@H]3c3cccc(F)c3)cn12. The van der Waals surface area contributed by atoms with Gasteiger partial charge in [0, 0.05) is 37.4 Å². The van der Waals surface area contributed by atoms with Crippen molar-refractivity contribution in [2.24, 2.45) is 11.8 Å². The largest absolute Gasteiger partial charge is 0.330 e. The van der Waals surface area contributed by atoms with Crippen LogP contribution in [0.5, 0.6) is 0 Å². The summed E-state index contributed by atoms with van der Waals surface area (Å²) in [5.41, 5.74) is 3.10. The Hall–Kier alpha value is -2.73. The number of fused-ring (bicyclic) bond motifs is 2. The van der Waals surface area contributed by atoms with E-state index in [1.807, 2.05) is 46.7 Å². The number of likely N-dealkylation sites (tertiary alicyclic amines) is 1. The number of carbonyl (C=O) groups is 1. The molecule has 27 heavy (non-hydrogen) atoms. The Labute approximate surface area is 156 Å². The van der Waals surface area contributed by atoms with Crippen LogP contribution in [0, 0.1) is 24.6 Å². The number of carbonyl (C=O) groups excluding carboxylic acids is 1. The Morgan fingerprint density at radius 2 is 2.07 bits per heavy atom. The van der Waals surface area contributed by atoms with E-state index in [9.17, 15) is 9.18 Å². The summed E-state index contributed by atoms with van der Waals surface area (Å²) in [5, 5.41) is 3.42. The normalized spacial score (nSPS) is 24.5. The number of nitrogens with one attached hydrogen (secondary N) is 1. The van der Waals surface area contributed by atoms with Crippen LogP contribution >= 0.6 is 0 Å². The second kappa shape index (κ2) is 6.16. The Bertz CT molecular complexity index is 1030. The van der Waals surface area contributed by atoms with Gasteiger partial charge < -0.3 is 14.6 Å². The predicted octanol–water partition coefficient (Wildman–Crippen LogP) is 2.81. The lowest BCUT2D eigenvalue weighted by Gasteiger charge is -2.28. The first-order chi connectivity index (χ1) is 13.1. The highest BCUT2D eigenvalue weighted by atomic mass is 19.1. The van der Waals surface area contributed by atoms with Crippen molar-refractivity contribution in [3.63, 3.8) is 0 Å². The van der Waals surface area contributed by atoms with Gasteiger partial charge in [-0.2, -0.15) is 0 Å². The zero-order valence-corrected chi connectivity index (χ0v) is 15.1. The maximum atomic E-state index is 13.9. The van der Waals surface area contributed by atoms with E-state index in [4.69, 9.17) is 0 Å². The van der Waals surface area contributed by atoms with Gasteiger partial charge in [-0.05, 0) is 42.7 Å². The third kappa shape index (κ3) is 2.63. The highest BCUT2D eigenvalue weighted by Crippen LogP contribution is 2.43. The molecule has 3 aromatic rings. The molecular formula is C21H21FN4O. The number of aryl methyl sites for hydroxylation is 1. The molecule has 2 aromatic heterocycles. The maximum Gasteiger partial charge on any atom is 0.274 e. The van der Waals surface area contributed by atoms with E-state index in [1.165, 1.54) is 6.07 Å². The lowest BCUT2D eigenvalue weighted by molar-refractivity contribution is 0.0708. The van der Waals surface area contributed by atoms with E-state index in [0.717, 1.165) is 30.0 Å². The molecule has 0 radical (unpaired) electrons. The van der Waals surface area contributed by atoms with Gasteiger partial charge in [0.1, 0.15) is 17.2 Å². The Morgan fingerprint density at radius 1 is 1.22 bits per heavy atom. The molecule has 6 heteroatoms. The van der Waals surface area contributed by atoms with Crippen molar-refractivity contribution in [1.29, 1.82) is 0 Å². The molecule has 1 amide bonds. The fourth-order valence-corrected chi connectivity index (χ4v) is 4.65. The summed E-state index contributed by atoms with van der Waals surface area (Å²) < 4.78 is 15.8. The zero-order chi connectivity index (χ0) is 18.5. The smallest absolute Gasteiger partial charge is 0.274 e. The van der Waals surface area contributed by atoms with Gasteiger partial charge in [0.05, 0.1) is 6.04 Å². The molecule has 138 valence electrons. The van der Waals surface area contributed by atoms with Crippen LogP contribution in [0.3, 0.4) is 0 Å². The highest BCUT2D eigenvalue weighted by Gasteiger charge is 2.47. The molecule has 0 aliphatic carbocycles. The minimum Gasteiger partial charge on any atom is -0.330 e. The molecule has 1 N–H and O–H groups in total. The Kier molecular flexibility index (Phi) is 3.75. The van der Waals surface area contributed by atoms with Crippen LogP contribution in [0.1, 0.15) is 27.8 Å². The molecule has 5 nitrogen and oxygen atoms in total. The number of rotatable bonds is 2. The second-order valence-electron chi connectivity index (χ2n) is 7.56. The van der Waals surface area contributed by atoms with Gasteiger partial charge in [-0.1, -0.05) is 18.2 Å². The molecule has 2 aliphatic heterocycles. The minimum atomic E-state index is -0.266. The number of amides is 1. The molecule has 2 aliphatic rings. The molecular weight excluding hydrogens is 343 g/mol. The van der Waals surface area contributed by atoms with Gasteiger partial charge in [-0.15, -0.1) is 0 Å². The minimum absolute atomic E-state index is 0.0817. The van der Waals surface area contributed by atoms with Crippen LogP contribution < -0.4 is 5.32 Å². The number of nitrogens with zero attached hydrogens (tertiary/aromatic N) is 3. The number of halogens is 1. The highest BCUT2D eigenvalue weighted by molar-refractivity contribution is 5.93. The van der Waals surface area contributed by atoms with Gasteiger partial charge >= 0.3 is 0 Å². The number of pyridine rings is 1. The monoisotopic (exact) mass is 364 g/mol. The quantitative estimate of drug-likeness (QED) is 0.761. The van der Waals surface area contributed by atoms with Crippen molar-refractivity contribution in [3.8, 4) is 0 Å². The van der Waals surface area contributed by atoms with Crippen molar-refractivity contribution in [3.05, 3.63) is 71.4 Å². The summed E-state index contributed by atoms with van der Waals surface area (Å²) in [7, 11) is 0. The molecule has 1 aromatic carbocycles. The molecule has 4 heterocycles. The summed E-state index contributed by atoms with van der Waals surface area (Å²) in [6.07, 6.45) is 1.81. The third-order valence-electron chi connectivity index (χ3n) is 5.93. The molecule has 3 atom stereocenters. The van der Waals surface area contributed by atoms with E-state index in [1.54, 1.807) is 12.1 Å². The van der Waals surface area contributed by atoms with Crippen molar-refractivity contribution in [1.82, 2.24) is 19.6 Å². The number of imidazole rings is 1. The molecule has 5 rings (SSSR count). The van der Waals surface area contributed by atoms with Crippen LogP contribution in [0.2, 0.25) is 0 Å². The van der Waals surface area contributed by atoms with Crippen molar-refractivity contribution >= 4 is 11.6 Å². The second-order valence-corrected chi connectivity index (χ2v) is 7.56. The van der Waals surface area contributed by atoms with E-state index >= 15 is 0 Å². The molecule has 0 bridgehead atoms. The molecule has 0 saturated carbocycles. The lowest BCUT2D eigenvalue weighted by atomic mass is 9.89. The third-order valence-corrected chi connectivity index (χ3v) is 5.93. The van der Waals surface area contributed by atoms with Gasteiger partial charge in [0.25, 0.3) is 5.91 Å². The summed E-state index contributed by atoms with van der Waals surface area (Å²) in [4.78, 5) is 19.8. The summed E-state index contributed by atoms with van der Waals surface area (Å²) in [6, 6.07) is 12.3. The van der Waals surface area contributed by atoms with Gasteiger partial charge in [-0.3, -0.25) is 4.79 Å². The van der Waals surface area contributed by atoms with E-state index in [0.29, 0.717) is 24.1 Å². The number of hydrogen-bond donors (Lipinski definition) is 1. The first kappa shape index (κ1) is 16.4. The average molecular weight is 364 g/mol. The van der Waals surface area contributed by atoms with Crippen LogP contribution in [-0.2, 0) is 0 Å². The molecule has 2 fully saturated rings. The fraction of sp³-hybridized carbons (Fsp3) is 0.333. The van der Waals surface area contributed by atoms with E-state index in [-0.39, 0.29) is 17.8 Å². The number of hydrogen-bond acceptors (Lipinski definition) is 3. The maximum absolute atomic E-state index is 13.9. The van der Waals surface area contributed by atoms with Crippen molar-refractivity contribution in [2.75, 3.05) is 19.6 Å². The first-order valence-corrected chi connectivity index (χ1v) is 9.34. The average Bonchev–Trinajstić information content (AvgIpc) is 3.35. The van der Waals surface area contributed by atoms with E-state index in [2.05, 4.69) is 10.3 Å². The zero-order valence-electron chi connectivity index (χ0n) is 15.1. The summed E-state index contributed by atoms with van der Waals surface area (Å²) in [5.74, 6) is 0.343. The Balaban J connectivity index is 1.55. The van der Waals surface area contributed by atoms with Crippen molar-refractivity contribution in [2.45, 2.75) is 13.0 Å². The summed E-state index contributed by atoms with van der Waals surface area (Å²) in [6.45, 7) is 4.40. The van der Waals surface area contributed by atoms with Crippen LogP contribution in [0.15, 0.2) is 48.7 Å². The van der Waals surface area contributed by atoms with Crippen molar-refractivity contribution < 1.29 is 9.18 Å². The Morgan fingerprint density at radius 3 is 2.89 bits per heavy atom. The summed E-state index contributed by atoms with van der Waals surface area (Å²) >= 11 is 0. The van der Waals surface area contributed by atoms with E-state index < -0.39 is 0 Å². The lowest BCUT2D eigenvalue weighted by Crippen LogP contribution is -2.35. The van der Waals surface area contributed by atoms with Crippen LogP contribution in [0.25, 0.3) is 5.65 Å². The van der Waals surface area contributed by atoms with Crippen LogP contribution in [0.4, 0.5) is 4.39 Å². The topological polar surface area (TPSA) is 49.6 Å². The van der Waals surface area contributed by atoms with Gasteiger partial charge in [0.15, 0.2) is 0 Å². The van der Waals surface area contributed by atoms with Gasteiger partial charge in [0.2, 0.25) is 0 Å². The molecule has 2 saturated heterocycles. The first-order valence-electron chi connectivity index (χ1n) is 9.34. The number of aromatic nitrogens is 2. The standard InChI is InChI=1S/C21H21FN4O/c1-13-4-2-7-19-24-18(12-25(13)19)21(27)26-11-15-9-23-10-17(15)20(26)14-5-3-6-16(22)8-14/h2-8,12,15,17,20,23H,9-11H2,1H3/t15-,17-,20+/m0/s1. The molecule has 0 spiro atoms. The van der Waals surface area contributed by atoms with Gasteiger partial charge in [-0.25, -0.2) is 9.37 Å². The fourth-order valence-electron chi connectivity index (χ4n) is 4.65. The van der Waals surface area contributed by atoms with Crippen LogP contribution in [-0.4, -0.2) is 39.8 Å².